The van der Waals surface area contributed by atoms with Crippen LogP contribution in [-0.4, -0.2) is 95.8 Å². The van der Waals surface area contributed by atoms with E-state index in [1.807, 2.05) is 24.4 Å². The molecule has 5 fully saturated rings. The first-order chi connectivity index (χ1) is 19.6. The van der Waals surface area contributed by atoms with Gasteiger partial charge in [0.1, 0.15) is 6.17 Å². The van der Waals surface area contributed by atoms with E-state index in [0.717, 1.165) is 25.0 Å². The highest BCUT2D eigenvalue weighted by atomic mass is 19.1. The third-order valence-electron chi connectivity index (χ3n) is 10.5. The summed E-state index contributed by atoms with van der Waals surface area (Å²) < 4.78 is 28.3. The number of fused-ring (bicyclic) bond motifs is 4. The number of hydrogen-bond acceptors (Lipinski definition) is 7. The van der Waals surface area contributed by atoms with Crippen molar-refractivity contribution in [2.24, 2.45) is 17.8 Å². The monoisotopic (exact) mass is 552 g/mol. The molecule has 8 nitrogen and oxygen atoms in total. The number of aromatic nitrogens is 1. The Bertz CT molecular complexity index is 1130. The molecule has 7 rings (SSSR count). The molecule has 1 aromatic rings. The summed E-state index contributed by atoms with van der Waals surface area (Å²) >= 11 is 0. The predicted octanol–water partition coefficient (Wildman–Crippen LogP) is 2.67. The molecule has 3 saturated carbocycles. The number of ketones is 1. The van der Waals surface area contributed by atoms with Crippen LogP contribution in [0.2, 0.25) is 0 Å². The van der Waals surface area contributed by atoms with E-state index in [4.69, 9.17) is 9.47 Å². The maximum Gasteiger partial charge on any atom is 0.259 e. The van der Waals surface area contributed by atoms with Crippen LogP contribution in [0.15, 0.2) is 36.2 Å². The highest BCUT2D eigenvalue weighted by Gasteiger charge is 2.60. The van der Waals surface area contributed by atoms with Crippen molar-refractivity contribution < 1.29 is 23.5 Å². The molecule has 0 radical (unpaired) electrons. The minimum absolute atomic E-state index is 0.0177. The topological polar surface area (TPSA) is 84.0 Å². The van der Waals surface area contributed by atoms with Crippen molar-refractivity contribution in [3.8, 4) is 0 Å². The van der Waals surface area contributed by atoms with Gasteiger partial charge in [0.05, 0.1) is 49.1 Å². The molecular weight excluding hydrogens is 511 g/mol. The summed E-state index contributed by atoms with van der Waals surface area (Å²) in [5.41, 5.74) is 1.19. The second kappa shape index (κ2) is 11.1. The number of carbonyl (C=O) groups excluding carboxylic acids is 2. The number of rotatable bonds is 5. The van der Waals surface area contributed by atoms with Crippen LogP contribution < -0.4 is 5.32 Å². The third kappa shape index (κ3) is 4.68. The summed E-state index contributed by atoms with van der Waals surface area (Å²) in [5.74, 6) is 0.118. The van der Waals surface area contributed by atoms with Crippen molar-refractivity contribution in [3.63, 3.8) is 0 Å². The molecule has 9 unspecified atom stereocenters. The Morgan fingerprint density at radius 3 is 2.77 bits per heavy atom. The van der Waals surface area contributed by atoms with Crippen LogP contribution in [0.1, 0.15) is 50.6 Å². The Labute approximate surface area is 235 Å². The zero-order valence-electron chi connectivity index (χ0n) is 23.1. The average molecular weight is 553 g/mol. The van der Waals surface area contributed by atoms with Gasteiger partial charge in [-0.1, -0.05) is 25.3 Å². The first-order valence-corrected chi connectivity index (χ1v) is 15.4. The van der Waals surface area contributed by atoms with Crippen molar-refractivity contribution in [3.05, 3.63) is 41.9 Å². The molecule has 0 spiro atoms. The highest BCUT2D eigenvalue weighted by Crippen LogP contribution is 2.51. The Morgan fingerprint density at radius 1 is 1.10 bits per heavy atom. The van der Waals surface area contributed by atoms with Gasteiger partial charge in [0.15, 0.2) is 5.78 Å². The second-order valence-corrected chi connectivity index (χ2v) is 12.6. The number of halogens is 1. The van der Waals surface area contributed by atoms with Gasteiger partial charge in [0.2, 0.25) is 0 Å². The largest absolute Gasteiger partial charge is 0.378 e. The molecule has 2 saturated heterocycles. The number of nitrogens with one attached hydrogen (secondary N) is 1. The number of nitrogens with zero attached hydrogens (tertiary/aromatic N) is 3. The van der Waals surface area contributed by atoms with Gasteiger partial charge in [0, 0.05) is 50.1 Å². The molecule has 0 bridgehead atoms. The first kappa shape index (κ1) is 26.5. The van der Waals surface area contributed by atoms with Crippen molar-refractivity contribution in [2.45, 2.75) is 87.9 Å². The maximum atomic E-state index is 16.0. The molecule has 1 amide bonds. The molecule has 3 aliphatic carbocycles. The molecule has 9 atom stereocenters. The molecule has 1 aromatic heterocycles. The quantitative estimate of drug-likeness (QED) is 0.563. The van der Waals surface area contributed by atoms with Crippen LogP contribution in [0.25, 0.3) is 0 Å². The summed E-state index contributed by atoms with van der Waals surface area (Å²) in [6, 6.07) is 5.21. The van der Waals surface area contributed by atoms with Gasteiger partial charge in [-0.15, -0.1) is 0 Å². The highest BCUT2D eigenvalue weighted by molar-refractivity contribution is 6.20. The van der Waals surface area contributed by atoms with Crippen LogP contribution in [0.5, 0.6) is 0 Å². The summed E-state index contributed by atoms with van der Waals surface area (Å²) in [4.78, 5) is 36.1. The van der Waals surface area contributed by atoms with Gasteiger partial charge in [-0.25, -0.2) is 4.39 Å². The summed E-state index contributed by atoms with van der Waals surface area (Å²) in [6.45, 7) is 2.50. The lowest BCUT2D eigenvalue weighted by atomic mass is 9.63. The number of hydrogen-bond donors (Lipinski definition) is 1. The maximum absolute atomic E-state index is 16.0. The Kier molecular flexibility index (Phi) is 7.39. The minimum atomic E-state index is -1.24. The Balaban J connectivity index is 1.21. The molecule has 9 heteroatoms. The van der Waals surface area contributed by atoms with E-state index < -0.39 is 24.2 Å². The lowest BCUT2D eigenvalue weighted by molar-refractivity contribution is -0.215. The number of Topliss-reactive ketones (excluding diaryl/α,β-unsaturated/α-hetero) is 1. The van der Waals surface area contributed by atoms with Crippen molar-refractivity contribution >= 4 is 11.7 Å². The van der Waals surface area contributed by atoms with Gasteiger partial charge in [-0.2, -0.15) is 0 Å². The number of carbonyl (C=O) groups is 2. The summed E-state index contributed by atoms with van der Waals surface area (Å²) in [6.07, 6.45) is 9.73. The summed E-state index contributed by atoms with van der Waals surface area (Å²) in [5, 5.41) is 3.47. The van der Waals surface area contributed by atoms with Gasteiger partial charge < -0.3 is 24.6 Å². The smallest absolute Gasteiger partial charge is 0.259 e. The molecule has 6 aliphatic rings. The summed E-state index contributed by atoms with van der Waals surface area (Å²) in [7, 11) is 0. The SMILES string of the molecule is O=C1C(C(=O)N2CCOCC2)=CN2C3C(CCC4CCCCC43)OC3C(NCCc4ccccn4)C(F)CC1C32. The van der Waals surface area contributed by atoms with E-state index >= 15 is 4.39 Å². The van der Waals surface area contributed by atoms with E-state index in [2.05, 4.69) is 15.2 Å². The number of amides is 1. The van der Waals surface area contributed by atoms with E-state index in [9.17, 15) is 9.59 Å². The fraction of sp³-hybridized carbons (Fsp3) is 0.710. The fourth-order valence-corrected chi connectivity index (χ4v) is 8.65. The van der Waals surface area contributed by atoms with Crippen molar-refractivity contribution in [2.75, 3.05) is 32.8 Å². The van der Waals surface area contributed by atoms with Gasteiger partial charge in [-0.05, 0) is 49.7 Å². The second-order valence-electron chi connectivity index (χ2n) is 12.6. The molecular formula is C31H41FN4O4. The normalized spacial score (nSPS) is 39.1. The van der Waals surface area contributed by atoms with Gasteiger partial charge >= 0.3 is 0 Å². The van der Waals surface area contributed by atoms with E-state index in [1.165, 1.54) is 19.3 Å². The zero-order chi connectivity index (χ0) is 27.2. The van der Waals surface area contributed by atoms with Crippen LogP contribution in [0.3, 0.4) is 0 Å². The van der Waals surface area contributed by atoms with Crippen LogP contribution in [0.4, 0.5) is 4.39 Å². The standard InChI is InChI=1S/C31H41FN4O4/c32-24-17-22-28-30(26(24)34-12-10-20-6-3-4-11-33-20)40-25-9-8-19-5-1-2-7-21(19)27(25)36(28)18-23(29(22)37)31(38)35-13-15-39-16-14-35/h3-4,6,11,18-19,21-22,24-28,30,34H,1-2,5,7-10,12-17H2. The number of alkyl halides is 1. The molecule has 0 aromatic carbocycles. The molecule has 4 heterocycles. The van der Waals surface area contributed by atoms with Crippen LogP contribution in [-0.2, 0) is 25.5 Å². The average Bonchev–Trinajstić information content (AvgIpc) is 3.00. The van der Waals surface area contributed by atoms with Gasteiger partial charge in [-0.3, -0.25) is 14.6 Å². The first-order valence-electron chi connectivity index (χ1n) is 15.4. The van der Waals surface area contributed by atoms with Crippen LogP contribution in [0, 0.1) is 17.8 Å². The minimum Gasteiger partial charge on any atom is -0.378 e. The fourth-order valence-electron chi connectivity index (χ4n) is 8.65. The number of pyridine rings is 1. The Morgan fingerprint density at radius 2 is 1.95 bits per heavy atom. The zero-order valence-corrected chi connectivity index (χ0v) is 23.1. The van der Waals surface area contributed by atoms with E-state index in [1.54, 1.807) is 11.1 Å². The van der Waals surface area contributed by atoms with Crippen LogP contribution >= 0.6 is 0 Å². The molecule has 40 heavy (non-hydrogen) atoms. The molecule has 1 N–H and O–H groups in total. The van der Waals surface area contributed by atoms with Crippen molar-refractivity contribution in [1.82, 2.24) is 20.1 Å². The Hall–Kier alpha value is -2.36. The van der Waals surface area contributed by atoms with Gasteiger partial charge in [0.25, 0.3) is 5.91 Å². The number of morpholine rings is 2. The molecule has 216 valence electrons. The molecule has 3 aliphatic heterocycles. The lowest BCUT2D eigenvalue weighted by Crippen LogP contribution is -2.74. The third-order valence-corrected chi connectivity index (χ3v) is 10.5. The number of ether oxygens (including phenoxy) is 2. The lowest BCUT2D eigenvalue weighted by Gasteiger charge is -2.62. The van der Waals surface area contributed by atoms with Crippen molar-refractivity contribution in [1.29, 1.82) is 0 Å². The van der Waals surface area contributed by atoms with E-state index in [-0.39, 0.29) is 41.9 Å². The predicted molar refractivity (Wildman–Crippen MR) is 146 cm³/mol. The van der Waals surface area contributed by atoms with E-state index in [0.29, 0.717) is 51.1 Å².